The molecule has 1 unspecified atom stereocenters. The van der Waals surface area contributed by atoms with Gasteiger partial charge in [0.15, 0.2) is 0 Å². The summed E-state index contributed by atoms with van der Waals surface area (Å²) in [5.74, 6) is 1.54. The van der Waals surface area contributed by atoms with Crippen LogP contribution in [0.4, 0.5) is 0 Å². The Kier molecular flexibility index (Phi) is 5.08. The van der Waals surface area contributed by atoms with Gasteiger partial charge in [-0.2, -0.15) is 0 Å². The van der Waals surface area contributed by atoms with Crippen LogP contribution in [0.15, 0.2) is 30.3 Å². The van der Waals surface area contributed by atoms with Crippen molar-refractivity contribution < 1.29 is 4.74 Å². The van der Waals surface area contributed by atoms with E-state index in [0.717, 1.165) is 31.7 Å². The topological polar surface area (TPSA) is 35.2 Å². The first-order valence-corrected chi connectivity index (χ1v) is 5.24. The Balaban J connectivity index is 2.21. The molecule has 0 aromatic heterocycles. The lowest BCUT2D eigenvalue weighted by Gasteiger charge is -2.12. The fraction of sp³-hybridized carbons (Fsp3) is 0.500. The first-order chi connectivity index (χ1) is 6.86. The first-order valence-electron chi connectivity index (χ1n) is 5.24. The molecule has 0 aliphatic rings. The second-order valence-corrected chi connectivity index (χ2v) is 3.46. The molecule has 2 heteroatoms. The van der Waals surface area contributed by atoms with Crippen LogP contribution in [0.25, 0.3) is 0 Å². The molecule has 0 heterocycles. The van der Waals surface area contributed by atoms with Gasteiger partial charge >= 0.3 is 0 Å². The zero-order chi connectivity index (χ0) is 10.2. The van der Waals surface area contributed by atoms with E-state index in [1.54, 1.807) is 0 Å². The van der Waals surface area contributed by atoms with E-state index in [1.165, 1.54) is 0 Å². The quantitative estimate of drug-likeness (QED) is 0.753. The largest absolute Gasteiger partial charge is 0.494 e. The second-order valence-electron chi connectivity index (χ2n) is 3.46. The van der Waals surface area contributed by atoms with Gasteiger partial charge in [-0.3, -0.25) is 0 Å². The van der Waals surface area contributed by atoms with Crippen molar-refractivity contribution in [1.82, 2.24) is 0 Å². The van der Waals surface area contributed by atoms with Crippen molar-refractivity contribution in [3.05, 3.63) is 30.3 Å². The summed E-state index contributed by atoms with van der Waals surface area (Å²) in [5.41, 5.74) is 5.61. The van der Waals surface area contributed by atoms with E-state index < -0.39 is 0 Å². The Labute approximate surface area is 86.1 Å². The highest BCUT2D eigenvalue weighted by Gasteiger charge is 2.03. The van der Waals surface area contributed by atoms with Gasteiger partial charge in [0.2, 0.25) is 0 Å². The van der Waals surface area contributed by atoms with Gasteiger partial charge in [0.05, 0.1) is 6.61 Å². The van der Waals surface area contributed by atoms with Crippen LogP contribution in [0.2, 0.25) is 0 Å². The fourth-order valence-electron chi connectivity index (χ4n) is 1.35. The zero-order valence-corrected chi connectivity index (χ0v) is 8.78. The van der Waals surface area contributed by atoms with E-state index >= 15 is 0 Å². The number of rotatable bonds is 6. The highest BCUT2D eigenvalue weighted by Crippen LogP contribution is 2.11. The average Bonchev–Trinajstić information content (AvgIpc) is 2.26. The molecular weight excluding hydrogens is 174 g/mol. The van der Waals surface area contributed by atoms with Crippen LogP contribution in [-0.4, -0.2) is 13.2 Å². The predicted molar refractivity (Wildman–Crippen MR) is 59.4 cm³/mol. The van der Waals surface area contributed by atoms with E-state index in [0.29, 0.717) is 5.92 Å². The molecule has 0 radical (unpaired) electrons. The Morgan fingerprint density at radius 1 is 1.29 bits per heavy atom. The van der Waals surface area contributed by atoms with Crippen molar-refractivity contribution in [2.45, 2.75) is 19.8 Å². The maximum atomic E-state index is 5.61. The molecule has 0 aliphatic carbocycles. The summed E-state index contributed by atoms with van der Waals surface area (Å²) >= 11 is 0. The number of para-hydroxylation sites is 1. The van der Waals surface area contributed by atoms with Crippen molar-refractivity contribution in [2.75, 3.05) is 13.2 Å². The summed E-state index contributed by atoms with van der Waals surface area (Å²) in [5, 5.41) is 0. The van der Waals surface area contributed by atoms with Crippen molar-refractivity contribution >= 4 is 0 Å². The summed E-state index contributed by atoms with van der Waals surface area (Å²) < 4.78 is 5.58. The monoisotopic (exact) mass is 193 g/mol. The number of hydrogen-bond acceptors (Lipinski definition) is 2. The molecule has 1 atom stereocenters. The van der Waals surface area contributed by atoms with Crippen molar-refractivity contribution in [3.63, 3.8) is 0 Å². The van der Waals surface area contributed by atoms with Crippen molar-refractivity contribution in [2.24, 2.45) is 11.7 Å². The lowest BCUT2D eigenvalue weighted by molar-refractivity contribution is 0.277. The SMILES string of the molecule is CCC(CN)CCOc1ccccc1. The van der Waals surface area contributed by atoms with Gasteiger partial charge in [-0.05, 0) is 31.0 Å². The summed E-state index contributed by atoms with van der Waals surface area (Å²) in [6.45, 7) is 3.69. The Morgan fingerprint density at radius 3 is 2.57 bits per heavy atom. The van der Waals surface area contributed by atoms with Crippen LogP contribution in [0.3, 0.4) is 0 Å². The zero-order valence-electron chi connectivity index (χ0n) is 8.78. The number of nitrogens with two attached hydrogens (primary N) is 1. The number of ether oxygens (including phenoxy) is 1. The van der Waals surface area contributed by atoms with E-state index in [4.69, 9.17) is 10.5 Å². The lowest BCUT2D eigenvalue weighted by atomic mass is 10.0. The third-order valence-electron chi connectivity index (χ3n) is 2.45. The average molecular weight is 193 g/mol. The third kappa shape index (κ3) is 3.79. The van der Waals surface area contributed by atoms with Gasteiger partial charge in [-0.25, -0.2) is 0 Å². The summed E-state index contributed by atoms with van der Waals surface area (Å²) in [7, 11) is 0. The van der Waals surface area contributed by atoms with Gasteiger partial charge in [0, 0.05) is 0 Å². The molecule has 0 saturated heterocycles. The standard InChI is InChI=1S/C12H19NO/c1-2-11(10-13)8-9-14-12-6-4-3-5-7-12/h3-7,11H,2,8-10,13H2,1H3. The van der Waals surface area contributed by atoms with Crippen LogP contribution >= 0.6 is 0 Å². The van der Waals surface area contributed by atoms with Crippen molar-refractivity contribution in [1.29, 1.82) is 0 Å². The minimum Gasteiger partial charge on any atom is -0.494 e. The van der Waals surface area contributed by atoms with Gasteiger partial charge in [-0.1, -0.05) is 31.5 Å². The first kappa shape index (κ1) is 11.1. The van der Waals surface area contributed by atoms with Crippen LogP contribution in [0, 0.1) is 5.92 Å². The molecule has 1 aromatic rings. The summed E-state index contributed by atoms with van der Waals surface area (Å²) in [4.78, 5) is 0. The number of hydrogen-bond donors (Lipinski definition) is 1. The van der Waals surface area contributed by atoms with Crippen LogP contribution in [-0.2, 0) is 0 Å². The summed E-state index contributed by atoms with van der Waals surface area (Å²) in [6, 6.07) is 9.90. The molecule has 14 heavy (non-hydrogen) atoms. The molecule has 0 saturated carbocycles. The molecule has 1 aromatic carbocycles. The normalized spacial score (nSPS) is 12.4. The van der Waals surface area contributed by atoms with Crippen LogP contribution in [0.5, 0.6) is 5.75 Å². The molecule has 1 rings (SSSR count). The minimum atomic E-state index is 0.596. The maximum Gasteiger partial charge on any atom is 0.119 e. The van der Waals surface area contributed by atoms with Gasteiger partial charge in [0.25, 0.3) is 0 Å². The lowest BCUT2D eigenvalue weighted by Crippen LogP contribution is -2.16. The molecule has 2 N–H and O–H groups in total. The third-order valence-corrected chi connectivity index (χ3v) is 2.45. The second kappa shape index (κ2) is 6.44. The molecule has 78 valence electrons. The van der Waals surface area contributed by atoms with E-state index in [-0.39, 0.29) is 0 Å². The van der Waals surface area contributed by atoms with E-state index in [9.17, 15) is 0 Å². The minimum absolute atomic E-state index is 0.596. The van der Waals surface area contributed by atoms with Gasteiger partial charge < -0.3 is 10.5 Å². The van der Waals surface area contributed by atoms with Crippen LogP contribution in [0.1, 0.15) is 19.8 Å². The Hall–Kier alpha value is -1.02. The Morgan fingerprint density at radius 2 is 2.00 bits per heavy atom. The summed E-state index contributed by atoms with van der Waals surface area (Å²) in [6.07, 6.45) is 2.18. The maximum absolute atomic E-state index is 5.61. The molecule has 2 nitrogen and oxygen atoms in total. The molecule has 0 amide bonds. The van der Waals surface area contributed by atoms with Crippen molar-refractivity contribution in [3.8, 4) is 5.75 Å². The highest BCUT2D eigenvalue weighted by molar-refractivity contribution is 5.20. The highest BCUT2D eigenvalue weighted by atomic mass is 16.5. The molecule has 0 aliphatic heterocycles. The molecule has 0 bridgehead atoms. The van der Waals surface area contributed by atoms with Gasteiger partial charge in [-0.15, -0.1) is 0 Å². The van der Waals surface area contributed by atoms with Crippen LogP contribution < -0.4 is 10.5 Å². The smallest absolute Gasteiger partial charge is 0.119 e. The van der Waals surface area contributed by atoms with Gasteiger partial charge in [0.1, 0.15) is 5.75 Å². The fourth-order valence-corrected chi connectivity index (χ4v) is 1.35. The van der Waals surface area contributed by atoms with E-state index in [1.807, 2.05) is 30.3 Å². The Bertz CT molecular complexity index is 231. The number of benzene rings is 1. The molecular formula is C12H19NO. The molecule has 0 spiro atoms. The van der Waals surface area contributed by atoms with E-state index in [2.05, 4.69) is 6.92 Å². The molecule has 0 fully saturated rings. The predicted octanol–water partition coefficient (Wildman–Crippen LogP) is 2.44.